The first-order valence-electron chi connectivity index (χ1n) is 14.3. The molecule has 0 aromatic heterocycles. The van der Waals surface area contributed by atoms with Crippen LogP contribution in [-0.4, -0.2) is 5.78 Å². The Hall–Kier alpha value is -5.53. The highest BCUT2D eigenvalue weighted by atomic mass is 16.1. The largest absolute Gasteiger partial charge is 0.289 e. The summed E-state index contributed by atoms with van der Waals surface area (Å²) in [4.78, 5) is 14.8. The first-order chi connectivity index (χ1) is 20.8. The third-order valence-corrected chi connectivity index (χ3v) is 8.48. The molecule has 0 N–H and O–H groups in total. The molecule has 0 aliphatic carbocycles. The molecule has 196 valence electrons. The van der Waals surface area contributed by atoms with Gasteiger partial charge in [0.15, 0.2) is 5.78 Å². The number of carbonyl (C=O) groups excluding carboxylic acids is 1. The summed E-state index contributed by atoms with van der Waals surface area (Å²) < 4.78 is 0. The van der Waals surface area contributed by atoms with Crippen molar-refractivity contribution in [1.82, 2.24) is 0 Å². The second kappa shape index (κ2) is 9.83. The maximum absolute atomic E-state index is 14.8. The van der Waals surface area contributed by atoms with Crippen LogP contribution in [0.5, 0.6) is 0 Å². The minimum atomic E-state index is 0.0251. The molecule has 0 saturated carbocycles. The Balaban J connectivity index is 1.38. The van der Waals surface area contributed by atoms with Crippen molar-refractivity contribution >= 4 is 48.9 Å². The van der Waals surface area contributed by atoms with E-state index < -0.39 is 0 Å². The van der Waals surface area contributed by atoms with Gasteiger partial charge in [-0.25, -0.2) is 0 Å². The molecule has 42 heavy (non-hydrogen) atoms. The monoisotopic (exact) mass is 534 g/mol. The molecule has 8 aromatic rings. The third-order valence-electron chi connectivity index (χ3n) is 8.48. The minimum Gasteiger partial charge on any atom is -0.289 e. The molecule has 0 radical (unpaired) electrons. The van der Waals surface area contributed by atoms with Crippen LogP contribution < -0.4 is 0 Å². The molecule has 0 fully saturated rings. The summed E-state index contributed by atoms with van der Waals surface area (Å²) in [7, 11) is 0. The Morgan fingerprint density at radius 1 is 0.310 bits per heavy atom. The molecule has 0 unspecified atom stereocenters. The topological polar surface area (TPSA) is 17.1 Å². The molecule has 8 aromatic carbocycles. The average Bonchev–Trinajstić information content (AvgIpc) is 3.07. The van der Waals surface area contributed by atoms with Crippen LogP contribution >= 0.6 is 0 Å². The van der Waals surface area contributed by atoms with Crippen molar-refractivity contribution < 1.29 is 4.79 Å². The third kappa shape index (κ3) is 3.83. The van der Waals surface area contributed by atoms with E-state index in [-0.39, 0.29) is 5.78 Å². The Labute approximate surface area is 244 Å². The molecular weight excluding hydrogens is 508 g/mol. The van der Waals surface area contributed by atoms with Crippen LogP contribution in [0, 0.1) is 0 Å². The molecule has 0 heterocycles. The van der Waals surface area contributed by atoms with E-state index in [9.17, 15) is 4.79 Å². The summed E-state index contributed by atoms with van der Waals surface area (Å²) in [6.07, 6.45) is 0. The summed E-state index contributed by atoms with van der Waals surface area (Å²) in [5, 5.41) is 9.25. The molecular formula is C41H26O. The van der Waals surface area contributed by atoms with E-state index in [1.165, 1.54) is 16.2 Å². The van der Waals surface area contributed by atoms with Crippen molar-refractivity contribution in [3.8, 4) is 22.3 Å². The summed E-state index contributed by atoms with van der Waals surface area (Å²) >= 11 is 0. The van der Waals surface area contributed by atoms with Gasteiger partial charge >= 0.3 is 0 Å². The lowest BCUT2D eigenvalue weighted by atomic mass is 9.85. The molecule has 0 spiro atoms. The van der Waals surface area contributed by atoms with E-state index in [1.807, 2.05) is 24.3 Å². The van der Waals surface area contributed by atoms with E-state index in [0.717, 1.165) is 49.2 Å². The number of ketones is 1. The van der Waals surface area contributed by atoms with Gasteiger partial charge in [-0.1, -0.05) is 152 Å². The van der Waals surface area contributed by atoms with Gasteiger partial charge in [-0.2, -0.15) is 0 Å². The van der Waals surface area contributed by atoms with Crippen molar-refractivity contribution in [1.29, 1.82) is 0 Å². The molecule has 0 aliphatic rings. The highest BCUT2D eigenvalue weighted by Crippen LogP contribution is 2.40. The SMILES string of the molecule is O=C(c1ccccc1-c1cccc2c1ccc1ccccc12)c1ccc2ccccc2c1-c1cccc2ccccc12. The number of rotatable bonds is 4. The maximum Gasteiger partial charge on any atom is 0.194 e. The summed E-state index contributed by atoms with van der Waals surface area (Å²) in [5.41, 5.74) is 5.48. The fourth-order valence-corrected chi connectivity index (χ4v) is 6.53. The second-order valence-electron chi connectivity index (χ2n) is 10.8. The predicted octanol–water partition coefficient (Wildman–Crippen LogP) is 10.9. The fourth-order valence-electron chi connectivity index (χ4n) is 6.53. The number of hydrogen-bond acceptors (Lipinski definition) is 1. The molecule has 0 aliphatic heterocycles. The summed E-state index contributed by atoms with van der Waals surface area (Å²) in [5.74, 6) is 0.0251. The van der Waals surface area contributed by atoms with Crippen molar-refractivity contribution in [3.05, 3.63) is 169 Å². The standard InChI is InChI=1S/C41H26O/c42-41(38-19-8-7-18-35(38)34-21-10-20-33-30-15-4-2-12-28(30)23-25-36(33)34)39-26-24-29-13-3-6-17-32(29)40(39)37-22-9-14-27-11-1-5-16-31(27)37/h1-26H. The van der Waals surface area contributed by atoms with E-state index >= 15 is 0 Å². The van der Waals surface area contributed by atoms with E-state index in [1.54, 1.807) is 0 Å². The first-order valence-corrected chi connectivity index (χ1v) is 14.3. The average molecular weight is 535 g/mol. The molecule has 0 saturated heterocycles. The number of fused-ring (bicyclic) bond motifs is 5. The van der Waals surface area contributed by atoms with E-state index in [4.69, 9.17) is 0 Å². The van der Waals surface area contributed by atoms with Gasteiger partial charge in [0.25, 0.3) is 0 Å². The Kier molecular flexibility index (Phi) is 5.68. The maximum atomic E-state index is 14.8. The summed E-state index contributed by atoms with van der Waals surface area (Å²) in [6, 6.07) is 54.5. The van der Waals surface area contributed by atoms with Gasteiger partial charge in [-0.15, -0.1) is 0 Å². The van der Waals surface area contributed by atoms with Gasteiger partial charge in [0, 0.05) is 16.7 Å². The van der Waals surface area contributed by atoms with Crippen LogP contribution in [0.3, 0.4) is 0 Å². The van der Waals surface area contributed by atoms with Crippen LogP contribution in [0.1, 0.15) is 15.9 Å². The molecule has 0 amide bonds. The molecule has 1 nitrogen and oxygen atoms in total. The lowest BCUT2D eigenvalue weighted by Crippen LogP contribution is -2.06. The highest BCUT2D eigenvalue weighted by molar-refractivity contribution is 6.22. The van der Waals surface area contributed by atoms with Crippen LogP contribution in [0.25, 0.3) is 65.3 Å². The molecule has 0 atom stereocenters. The van der Waals surface area contributed by atoms with E-state index in [2.05, 4.69) is 133 Å². The molecule has 0 bridgehead atoms. The van der Waals surface area contributed by atoms with Gasteiger partial charge < -0.3 is 0 Å². The number of benzene rings is 8. The predicted molar refractivity (Wildman–Crippen MR) is 177 cm³/mol. The van der Waals surface area contributed by atoms with Crippen molar-refractivity contribution in [3.63, 3.8) is 0 Å². The Morgan fingerprint density at radius 2 is 0.833 bits per heavy atom. The fraction of sp³-hybridized carbons (Fsp3) is 0. The van der Waals surface area contributed by atoms with Gasteiger partial charge in [-0.05, 0) is 65.8 Å². The quantitative estimate of drug-likeness (QED) is 0.162. The number of hydrogen-bond donors (Lipinski definition) is 0. The Bertz CT molecular complexity index is 2320. The van der Waals surface area contributed by atoms with Gasteiger partial charge in [0.2, 0.25) is 0 Å². The van der Waals surface area contributed by atoms with Crippen LogP contribution in [-0.2, 0) is 0 Å². The highest BCUT2D eigenvalue weighted by Gasteiger charge is 2.22. The van der Waals surface area contributed by atoms with Crippen LogP contribution in [0.4, 0.5) is 0 Å². The van der Waals surface area contributed by atoms with E-state index in [0.29, 0.717) is 11.1 Å². The summed E-state index contributed by atoms with van der Waals surface area (Å²) in [6.45, 7) is 0. The van der Waals surface area contributed by atoms with Crippen molar-refractivity contribution in [2.24, 2.45) is 0 Å². The number of carbonyl (C=O) groups is 1. The lowest BCUT2D eigenvalue weighted by molar-refractivity contribution is 0.104. The zero-order valence-electron chi connectivity index (χ0n) is 22.9. The van der Waals surface area contributed by atoms with Crippen molar-refractivity contribution in [2.45, 2.75) is 0 Å². The first kappa shape index (κ1) is 24.3. The van der Waals surface area contributed by atoms with Crippen LogP contribution in [0.15, 0.2) is 158 Å². The lowest BCUT2D eigenvalue weighted by Gasteiger charge is -2.17. The molecule has 8 rings (SSSR count). The second-order valence-corrected chi connectivity index (χ2v) is 10.8. The van der Waals surface area contributed by atoms with Gasteiger partial charge in [0.1, 0.15) is 0 Å². The van der Waals surface area contributed by atoms with Crippen molar-refractivity contribution in [2.75, 3.05) is 0 Å². The normalized spacial score (nSPS) is 11.4. The zero-order valence-corrected chi connectivity index (χ0v) is 22.9. The molecule has 1 heteroatoms. The smallest absolute Gasteiger partial charge is 0.194 e. The van der Waals surface area contributed by atoms with Gasteiger partial charge in [-0.3, -0.25) is 4.79 Å². The van der Waals surface area contributed by atoms with Crippen LogP contribution in [0.2, 0.25) is 0 Å². The van der Waals surface area contributed by atoms with Gasteiger partial charge in [0.05, 0.1) is 0 Å². The Morgan fingerprint density at radius 3 is 1.67 bits per heavy atom. The zero-order chi connectivity index (χ0) is 28.0. The minimum absolute atomic E-state index is 0.0251.